The second kappa shape index (κ2) is 8.09. The van der Waals surface area contributed by atoms with Crippen LogP contribution >= 0.6 is 0 Å². The number of nitrogens with zero attached hydrogens (tertiary/aromatic N) is 1. The Labute approximate surface area is 156 Å². The van der Waals surface area contributed by atoms with Crippen molar-refractivity contribution >= 4 is 17.4 Å². The Balaban J connectivity index is 2.38. The summed E-state index contributed by atoms with van der Waals surface area (Å²) in [6.07, 6.45) is -0.410. The standard InChI is InChI=1S/C22H27NO3/c1-16(18-10-8-7-9-11-18)17(2)23(21(24)26-22(3,4)5)19-12-14-20(25-6)15-13-19/h7-15,17H,1H2,2-6H3. The number of hydrogen-bond donors (Lipinski definition) is 0. The van der Waals surface area contributed by atoms with Gasteiger partial charge in [0.1, 0.15) is 11.4 Å². The van der Waals surface area contributed by atoms with Crippen molar-refractivity contribution in [3.05, 3.63) is 66.7 Å². The molecule has 4 nitrogen and oxygen atoms in total. The van der Waals surface area contributed by atoms with E-state index in [0.29, 0.717) is 0 Å². The zero-order valence-electron chi connectivity index (χ0n) is 16.2. The largest absolute Gasteiger partial charge is 0.497 e. The van der Waals surface area contributed by atoms with Gasteiger partial charge < -0.3 is 9.47 Å². The van der Waals surface area contributed by atoms with E-state index < -0.39 is 11.7 Å². The lowest BCUT2D eigenvalue weighted by atomic mass is 10.00. The van der Waals surface area contributed by atoms with Crippen molar-refractivity contribution in [2.45, 2.75) is 39.3 Å². The maximum atomic E-state index is 12.9. The van der Waals surface area contributed by atoms with Crippen molar-refractivity contribution in [1.82, 2.24) is 0 Å². The molecule has 0 N–H and O–H groups in total. The number of ether oxygens (including phenoxy) is 2. The summed E-state index contributed by atoms with van der Waals surface area (Å²) in [6.45, 7) is 11.7. The van der Waals surface area contributed by atoms with E-state index in [1.165, 1.54) is 0 Å². The first-order valence-electron chi connectivity index (χ1n) is 8.63. The van der Waals surface area contributed by atoms with Crippen molar-refractivity contribution in [2.75, 3.05) is 12.0 Å². The molecule has 1 amide bonds. The van der Waals surface area contributed by atoms with Gasteiger partial charge in [-0.25, -0.2) is 4.79 Å². The van der Waals surface area contributed by atoms with Crippen molar-refractivity contribution < 1.29 is 14.3 Å². The lowest BCUT2D eigenvalue weighted by molar-refractivity contribution is 0.0575. The summed E-state index contributed by atoms with van der Waals surface area (Å²) in [5.74, 6) is 0.729. The Kier molecular flexibility index (Phi) is 6.09. The van der Waals surface area contributed by atoms with Gasteiger partial charge in [0.25, 0.3) is 0 Å². The maximum absolute atomic E-state index is 12.9. The third-order valence-corrected chi connectivity index (χ3v) is 3.98. The third-order valence-electron chi connectivity index (χ3n) is 3.98. The molecule has 0 bridgehead atoms. The van der Waals surface area contributed by atoms with Gasteiger partial charge in [-0.05, 0) is 63.1 Å². The SMILES string of the molecule is C=C(c1ccccc1)C(C)N(C(=O)OC(C)(C)C)c1ccc(OC)cc1. The van der Waals surface area contributed by atoms with Crippen molar-refractivity contribution in [2.24, 2.45) is 0 Å². The molecule has 4 heteroatoms. The zero-order chi connectivity index (χ0) is 19.3. The average molecular weight is 353 g/mol. The van der Waals surface area contributed by atoms with Crippen LogP contribution in [0.4, 0.5) is 10.5 Å². The molecule has 26 heavy (non-hydrogen) atoms. The summed E-state index contributed by atoms with van der Waals surface area (Å²) in [5, 5.41) is 0. The first-order valence-corrected chi connectivity index (χ1v) is 8.63. The molecule has 2 aromatic rings. The van der Waals surface area contributed by atoms with E-state index in [4.69, 9.17) is 9.47 Å². The van der Waals surface area contributed by atoms with E-state index in [1.54, 1.807) is 12.0 Å². The van der Waals surface area contributed by atoms with Gasteiger partial charge in [-0.2, -0.15) is 0 Å². The molecule has 0 radical (unpaired) electrons. The van der Waals surface area contributed by atoms with E-state index in [9.17, 15) is 4.79 Å². The fourth-order valence-electron chi connectivity index (χ4n) is 2.59. The van der Waals surface area contributed by atoms with Crippen LogP contribution in [0.1, 0.15) is 33.3 Å². The highest BCUT2D eigenvalue weighted by molar-refractivity contribution is 5.92. The third kappa shape index (κ3) is 4.88. The Morgan fingerprint density at radius 2 is 1.62 bits per heavy atom. The van der Waals surface area contributed by atoms with Gasteiger partial charge in [0.05, 0.1) is 13.2 Å². The maximum Gasteiger partial charge on any atom is 0.415 e. The number of rotatable bonds is 5. The Morgan fingerprint density at radius 3 is 2.12 bits per heavy atom. The van der Waals surface area contributed by atoms with E-state index >= 15 is 0 Å². The van der Waals surface area contributed by atoms with Gasteiger partial charge in [-0.3, -0.25) is 4.90 Å². The first kappa shape index (κ1) is 19.6. The number of methoxy groups -OCH3 is 1. The smallest absolute Gasteiger partial charge is 0.415 e. The molecule has 0 fully saturated rings. The second-order valence-corrected chi connectivity index (χ2v) is 7.12. The molecule has 138 valence electrons. The summed E-state index contributed by atoms with van der Waals surface area (Å²) in [7, 11) is 1.61. The first-order chi connectivity index (χ1) is 12.2. The molecule has 0 aromatic heterocycles. The molecule has 0 aliphatic heterocycles. The number of carbonyl (C=O) groups excluding carboxylic acids is 1. The van der Waals surface area contributed by atoms with E-state index in [-0.39, 0.29) is 6.04 Å². The van der Waals surface area contributed by atoms with E-state index in [1.807, 2.05) is 82.3 Å². The molecule has 1 atom stereocenters. The van der Waals surface area contributed by atoms with Crippen LogP contribution in [0.25, 0.3) is 5.57 Å². The average Bonchev–Trinajstić information content (AvgIpc) is 2.61. The molecule has 2 aromatic carbocycles. The summed E-state index contributed by atoms with van der Waals surface area (Å²) in [5.41, 5.74) is 1.97. The number of carbonyl (C=O) groups is 1. The fraction of sp³-hybridized carbons (Fsp3) is 0.318. The minimum absolute atomic E-state index is 0.277. The van der Waals surface area contributed by atoms with Crippen LogP contribution in [0, 0.1) is 0 Å². The lowest BCUT2D eigenvalue weighted by Gasteiger charge is -2.33. The van der Waals surface area contributed by atoms with Crippen LogP contribution in [0.15, 0.2) is 61.2 Å². The molecular weight excluding hydrogens is 326 g/mol. The molecule has 0 aliphatic rings. The molecule has 0 heterocycles. The lowest BCUT2D eigenvalue weighted by Crippen LogP contribution is -2.42. The normalized spacial score (nSPS) is 12.2. The molecule has 2 rings (SSSR count). The van der Waals surface area contributed by atoms with Crippen molar-refractivity contribution in [3.63, 3.8) is 0 Å². The topological polar surface area (TPSA) is 38.8 Å². The van der Waals surface area contributed by atoms with Crippen molar-refractivity contribution in [1.29, 1.82) is 0 Å². The summed E-state index contributed by atoms with van der Waals surface area (Å²) in [4.78, 5) is 14.5. The van der Waals surface area contributed by atoms with Gasteiger partial charge in [0, 0.05) is 5.69 Å². The number of benzene rings is 2. The Hall–Kier alpha value is -2.75. The second-order valence-electron chi connectivity index (χ2n) is 7.12. The van der Waals surface area contributed by atoms with Crippen LogP contribution < -0.4 is 9.64 Å². The summed E-state index contributed by atoms with van der Waals surface area (Å²) in [6, 6.07) is 16.9. The van der Waals surface area contributed by atoms with Gasteiger partial charge in [0.15, 0.2) is 0 Å². The number of amides is 1. The van der Waals surface area contributed by atoms with Gasteiger partial charge in [-0.15, -0.1) is 0 Å². The highest BCUT2D eigenvalue weighted by Crippen LogP contribution is 2.29. The van der Waals surface area contributed by atoms with Crippen LogP contribution in [0.2, 0.25) is 0 Å². The van der Waals surface area contributed by atoms with Crippen LogP contribution in [0.3, 0.4) is 0 Å². The molecule has 0 saturated heterocycles. The van der Waals surface area contributed by atoms with E-state index in [0.717, 1.165) is 22.6 Å². The summed E-state index contributed by atoms with van der Waals surface area (Å²) < 4.78 is 10.8. The molecule has 0 saturated carbocycles. The highest BCUT2D eigenvalue weighted by Gasteiger charge is 2.29. The quantitative estimate of drug-likeness (QED) is 0.708. The predicted molar refractivity (Wildman–Crippen MR) is 107 cm³/mol. The molecule has 0 spiro atoms. The van der Waals surface area contributed by atoms with Crippen LogP contribution in [-0.2, 0) is 4.74 Å². The number of anilines is 1. The van der Waals surface area contributed by atoms with Crippen molar-refractivity contribution in [3.8, 4) is 5.75 Å². The van der Waals surface area contributed by atoms with Gasteiger partial charge >= 0.3 is 6.09 Å². The van der Waals surface area contributed by atoms with E-state index in [2.05, 4.69) is 6.58 Å². The van der Waals surface area contributed by atoms with Crippen LogP contribution in [-0.4, -0.2) is 24.8 Å². The monoisotopic (exact) mass is 353 g/mol. The number of hydrogen-bond acceptors (Lipinski definition) is 3. The Bertz CT molecular complexity index is 745. The van der Waals surface area contributed by atoms with Gasteiger partial charge in [0.2, 0.25) is 0 Å². The predicted octanol–water partition coefficient (Wildman–Crippen LogP) is 5.54. The molecule has 1 unspecified atom stereocenters. The molecular formula is C22H27NO3. The highest BCUT2D eigenvalue weighted by atomic mass is 16.6. The summed E-state index contributed by atoms with van der Waals surface area (Å²) >= 11 is 0. The minimum atomic E-state index is -0.588. The fourth-order valence-corrected chi connectivity index (χ4v) is 2.59. The van der Waals surface area contributed by atoms with Gasteiger partial charge in [-0.1, -0.05) is 36.9 Å². The zero-order valence-corrected chi connectivity index (χ0v) is 16.2. The Morgan fingerprint density at radius 1 is 1.04 bits per heavy atom. The van der Waals surface area contributed by atoms with Crippen LogP contribution in [0.5, 0.6) is 5.75 Å². The minimum Gasteiger partial charge on any atom is -0.497 e. The molecule has 0 aliphatic carbocycles.